The van der Waals surface area contributed by atoms with Crippen molar-refractivity contribution in [2.24, 2.45) is 5.92 Å². The van der Waals surface area contributed by atoms with Gasteiger partial charge < -0.3 is 5.32 Å². The van der Waals surface area contributed by atoms with E-state index < -0.39 is 0 Å². The number of thiophene rings is 1. The van der Waals surface area contributed by atoms with Gasteiger partial charge in [-0.05, 0) is 59.9 Å². The average Bonchev–Trinajstić information content (AvgIpc) is 2.75. The van der Waals surface area contributed by atoms with Crippen LogP contribution in [-0.4, -0.2) is 13.6 Å². The standard InChI is InChI=1S/C14H20BrNS/c1-16-10-12(11-5-3-2-4-6-11)9-13-7-8-14(15)17-13/h7-9,11,16H,2-6,10H2,1H3. The number of rotatable bonds is 4. The third-order valence-electron chi connectivity index (χ3n) is 3.43. The Balaban J connectivity index is 2.12. The number of nitrogens with one attached hydrogen (secondary N) is 1. The SMILES string of the molecule is CNCC(=Cc1ccc(Br)s1)C1CCCCC1. The second kappa shape index (κ2) is 6.72. The van der Waals surface area contributed by atoms with Crippen molar-refractivity contribution in [3.63, 3.8) is 0 Å². The lowest BCUT2D eigenvalue weighted by atomic mass is 9.83. The molecule has 0 spiro atoms. The molecule has 1 aliphatic carbocycles. The van der Waals surface area contributed by atoms with Crippen LogP contribution in [0.5, 0.6) is 0 Å². The average molecular weight is 314 g/mol. The van der Waals surface area contributed by atoms with Crippen LogP contribution in [0.15, 0.2) is 21.5 Å². The highest BCUT2D eigenvalue weighted by molar-refractivity contribution is 9.11. The van der Waals surface area contributed by atoms with Gasteiger partial charge in [-0.1, -0.05) is 24.8 Å². The summed E-state index contributed by atoms with van der Waals surface area (Å²) in [5, 5.41) is 3.32. The van der Waals surface area contributed by atoms with Crippen LogP contribution in [0.25, 0.3) is 6.08 Å². The van der Waals surface area contributed by atoms with Crippen molar-refractivity contribution < 1.29 is 0 Å². The largest absolute Gasteiger partial charge is 0.316 e. The summed E-state index contributed by atoms with van der Waals surface area (Å²) >= 11 is 5.35. The molecule has 0 bridgehead atoms. The summed E-state index contributed by atoms with van der Waals surface area (Å²) in [6.07, 6.45) is 9.37. The highest BCUT2D eigenvalue weighted by atomic mass is 79.9. The maximum atomic E-state index is 3.53. The van der Waals surface area contributed by atoms with Gasteiger partial charge in [-0.3, -0.25) is 0 Å². The van der Waals surface area contributed by atoms with E-state index in [0.29, 0.717) is 0 Å². The molecule has 0 saturated heterocycles. The van der Waals surface area contributed by atoms with Gasteiger partial charge in [0, 0.05) is 11.4 Å². The fourth-order valence-corrected chi connectivity index (χ4v) is 3.98. The summed E-state index contributed by atoms with van der Waals surface area (Å²) in [4.78, 5) is 1.37. The highest BCUT2D eigenvalue weighted by Gasteiger charge is 2.17. The minimum Gasteiger partial charge on any atom is -0.316 e. The molecule has 1 aliphatic rings. The normalized spacial score (nSPS) is 18.6. The predicted molar refractivity (Wildman–Crippen MR) is 80.5 cm³/mol. The number of hydrogen-bond acceptors (Lipinski definition) is 2. The Bertz CT molecular complexity index is 377. The summed E-state index contributed by atoms with van der Waals surface area (Å²) in [5.74, 6) is 0.803. The van der Waals surface area contributed by atoms with Gasteiger partial charge in [0.15, 0.2) is 0 Å². The van der Waals surface area contributed by atoms with Crippen LogP contribution >= 0.6 is 27.3 Å². The third kappa shape index (κ3) is 3.94. The molecule has 2 rings (SSSR count). The van der Waals surface area contributed by atoms with Gasteiger partial charge in [-0.25, -0.2) is 0 Å². The van der Waals surface area contributed by atoms with Crippen molar-refractivity contribution >= 4 is 33.3 Å². The zero-order valence-electron chi connectivity index (χ0n) is 10.3. The summed E-state index contributed by atoms with van der Waals surface area (Å²) in [6.45, 7) is 1.03. The first-order valence-corrected chi connectivity index (χ1v) is 8.01. The fraction of sp³-hybridized carbons (Fsp3) is 0.571. The lowest BCUT2D eigenvalue weighted by Gasteiger charge is -2.24. The van der Waals surface area contributed by atoms with E-state index in [9.17, 15) is 0 Å². The molecule has 1 aromatic rings. The van der Waals surface area contributed by atoms with Crippen LogP contribution in [0.2, 0.25) is 0 Å². The molecule has 17 heavy (non-hydrogen) atoms. The zero-order chi connectivity index (χ0) is 12.1. The van der Waals surface area contributed by atoms with Crippen molar-refractivity contribution in [3.8, 4) is 0 Å². The summed E-state index contributed by atoms with van der Waals surface area (Å²) in [7, 11) is 2.04. The molecule has 0 atom stereocenters. The maximum absolute atomic E-state index is 3.53. The zero-order valence-corrected chi connectivity index (χ0v) is 12.7. The molecule has 0 aliphatic heterocycles. The molecule has 1 aromatic heterocycles. The molecule has 3 heteroatoms. The van der Waals surface area contributed by atoms with Crippen LogP contribution in [0, 0.1) is 5.92 Å². The van der Waals surface area contributed by atoms with E-state index in [1.165, 1.54) is 40.8 Å². The molecule has 1 N–H and O–H groups in total. The second-order valence-corrected chi connectivity index (χ2v) is 7.22. The topological polar surface area (TPSA) is 12.0 Å². The van der Waals surface area contributed by atoms with Crippen molar-refractivity contribution in [3.05, 3.63) is 26.4 Å². The maximum Gasteiger partial charge on any atom is 0.0704 e. The first kappa shape index (κ1) is 13.3. The van der Waals surface area contributed by atoms with Crippen LogP contribution < -0.4 is 5.32 Å². The van der Waals surface area contributed by atoms with E-state index >= 15 is 0 Å². The first-order chi connectivity index (χ1) is 8.29. The van der Waals surface area contributed by atoms with Crippen molar-refractivity contribution in [2.75, 3.05) is 13.6 Å². The van der Waals surface area contributed by atoms with E-state index in [1.807, 2.05) is 18.4 Å². The molecule has 1 nitrogen and oxygen atoms in total. The van der Waals surface area contributed by atoms with E-state index in [1.54, 1.807) is 5.57 Å². The van der Waals surface area contributed by atoms with E-state index in [-0.39, 0.29) is 0 Å². The lowest BCUT2D eigenvalue weighted by Crippen LogP contribution is -2.18. The Hall–Kier alpha value is -0.120. The molecule has 0 aromatic carbocycles. The Kier molecular flexibility index (Phi) is 5.26. The Morgan fingerprint density at radius 3 is 2.76 bits per heavy atom. The van der Waals surface area contributed by atoms with Crippen LogP contribution in [0.3, 0.4) is 0 Å². The lowest BCUT2D eigenvalue weighted by molar-refractivity contribution is 0.398. The van der Waals surface area contributed by atoms with Gasteiger partial charge in [0.1, 0.15) is 0 Å². The quantitative estimate of drug-likeness (QED) is 0.850. The van der Waals surface area contributed by atoms with Crippen molar-refractivity contribution in [2.45, 2.75) is 32.1 Å². The number of hydrogen-bond donors (Lipinski definition) is 1. The van der Waals surface area contributed by atoms with Crippen LogP contribution in [-0.2, 0) is 0 Å². The summed E-state index contributed by atoms with van der Waals surface area (Å²) < 4.78 is 1.22. The van der Waals surface area contributed by atoms with Gasteiger partial charge in [0.2, 0.25) is 0 Å². The molecule has 94 valence electrons. The molecule has 0 radical (unpaired) electrons. The molecular formula is C14H20BrNS. The van der Waals surface area contributed by atoms with E-state index in [0.717, 1.165) is 12.5 Å². The Morgan fingerprint density at radius 2 is 2.18 bits per heavy atom. The molecule has 1 heterocycles. The van der Waals surface area contributed by atoms with Gasteiger partial charge in [0.05, 0.1) is 3.79 Å². The Labute approximate surface area is 116 Å². The first-order valence-electron chi connectivity index (χ1n) is 6.40. The molecule has 0 unspecified atom stereocenters. The Morgan fingerprint density at radius 1 is 1.41 bits per heavy atom. The monoisotopic (exact) mass is 313 g/mol. The molecule has 1 fully saturated rings. The van der Waals surface area contributed by atoms with Gasteiger partial charge >= 0.3 is 0 Å². The van der Waals surface area contributed by atoms with E-state index in [4.69, 9.17) is 0 Å². The minimum absolute atomic E-state index is 0.803. The van der Waals surface area contributed by atoms with Crippen LogP contribution in [0.1, 0.15) is 37.0 Å². The molecular weight excluding hydrogens is 294 g/mol. The second-order valence-electron chi connectivity index (χ2n) is 4.73. The highest BCUT2D eigenvalue weighted by Crippen LogP contribution is 2.32. The van der Waals surface area contributed by atoms with Crippen LogP contribution in [0.4, 0.5) is 0 Å². The van der Waals surface area contributed by atoms with Gasteiger partial charge in [-0.15, -0.1) is 11.3 Å². The van der Waals surface area contributed by atoms with Crippen molar-refractivity contribution in [1.82, 2.24) is 5.32 Å². The predicted octanol–water partition coefficient (Wildman–Crippen LogP) is 4.69. The fourth-order valence-electron chi connectivity index (χ4n) is 2.58. The smallest absolute Gasteiger partial charge is 0.0704 e. The number of likely N-dealkylation sites (N-methyl/N-ethyl adjacent to an activating group) is 1. The summed E-state index contributed by atoms with van der Waals surface area (Å²) in [6, 6.07) is 4.33. The molecule has 0 amide bonds. The van der Waals surface area contributed by atoms with Gasteiger partial charge in [-0.2, -0.15) is 0 Å². The summed E-state index contributed by atoms with van der Waals surface area (Å²) in [5.41, 5.74) is 1.58. The number of halogens is 1. The van der Waals surface area contributed by atoms with Gasteiger partial charge in [0.25, 0.3) is 0 Å². The van der Waals surface area contributed by atoms with Crippen molar-refractivity contribution in [1.29, 1.82) is 0 Å². The third-order valence-corrected chi connectivity index (χ3v) is 5.00. The molecule has 1 saturated carbocycles. The minimum atomic E-state index is 0.803. The van der Waals surface area contributed by atoms with E-state index in [2.05, 4.69) is 39.5 Å².